The van der Waals surface area contributed by atoms with Gasteiger partial charge in [-0.1, -0.05) is 6.07 Å². The van der Waals surface area contributed by atoms with Crippen molar-refractivity contribution in [1.29, 1.82) is 0 Å². The highest BCUT2D eigenvalue weighted by Gasteiger charge is 2.30. The summed E-state index contributed by atoms with van der Waals surface area (Å²) in [5.74, 6) is 0.946. The lowest BCUT2D eigenvalue weighted by Crippen LogP contribution is -2.42. The third kappa shape index (κ3) is 4.15. The van der Waals surface area contributed by atoms with Gasteiger partial charge in [-0.15, -0.1) is 0 Å². The van der Waals surface area contributed by atoms with E-state index in [1.165, 1.54) is 0 Å². The quantitative estimate of drug-likeness (QED) is 0.718. The second kappa shape index (κ2) is 7.95. The molecule has 116 valence electrons. The van der Waals surface area contributed by atoms with Crippen molar-refractivity contribution < 1.29 is 9.53 Å². The molecule has 1 unspecified atom stereocenters. The van der Waals surface area contributed by atoms with Crippen LogP contribution in [0.4, 0.5) is 5.82 Å². The monoisotopic (exact) mass is 292 g/mol. The van der Waals surface area contributed by atoms with Crippen LogP contribution in [0, 0.1) is 0 Å². The minimum atomic E-state index is -0.0897. The fourth-order valence-electron chi connectivity index (χ4n) is 2.58. The molecule has 1 aromatic rings. The van der Waals surface area contributed by atoms with E-state index in [9.17, 15) is 4.79 Å². The SMILES string of the molecule is CNC(=O)C1CCCN1c1ccc(CNCCOC)cn1. The van der Waals surface area contributed by atoms with E-state index in [1.807, 2.05) is 12.3 Å². The van der Waals surface area contributed by atoms with Crippen molar-refractivity contribution >= 4 is 11.7 Å². The Morgan fingerprint density at radius 2 is 2.38 bits per heavy atom. The predicted octanol–water partition coefficient (Wildman–Crippen LogP) is 0.532. The van der Waals surface area contributed by atoms with E-state index in [0.717, 1.165) is 43.9 Å². The molecule has 6 heteroatoms. The smallest absolute Gasteiger partial charge is 0.242 e. The van der Waals surface area contributed by atoms with Gasteiger partial charge in [0.1, 0.15) is 11.9 Å². The van der Waals surface area contributed by atoms with Gasteiger partial charge in [0.2, 0.25) is 5.91 Å². The molecule has 1 aliphatic heterocycles. The first-order valence-electron chi connectivity index (χ1n) is 7.39. The highest BCUT2D eigenvalue weighted by molar-refractivity contribution is 5.85. The highest BCUT2D eigenvalue weighted by Crippen LogP contribution is 2.23. The van der Waals surface area contributed by atoms with Crippen LogP contribution in [0.25, 0.3) is 0 Å². The lowest BCUT2D eigenvalue weighted by molar-refractivity contribution is -0.121. The average molecular weight is 292 g/mol. The van der Waals surface area contributed by atoms with E-state index < -0.39 is 0 Å². The molecular weight excluding hydrogens is 268 g/mol. The van der Waals surface area contributed by atoms with E-state index in [-0.39, 0.29) is 11.9 Å². The number of hydrogen-bond acceptors (Lipinski definition) is 5. The molecule has 2 heterocycles. The number of amides is 1. The van der Waals surface area contributed by atoms with Crippen molar-refractivity contribution in [3.05, 3.63) is 23.9 Å². The lowest BCUT2D eigenvalue weighted by atomic mass is 10.2. The van der Waals surface area contributed by atoms with Gasteiger partial charge in [-0.3, -0.25) is 4.79 Å². The number of ether oxygens (including phenoxy) is 1. The molecule has 0 radical (unpaired) electrons. The molecular formula is C15H24N4O2. The topological polar surface area (TPSA) is 66.5 Å². The summed E-state index contributed by atoms with van der Waals surface area (Å²) < 4.78 is 4.99. The number of carbonyl (C=O) groups excluding carboxylic acids is 1. The minimum absolute atomic E-state index is 0.0691. The van der Waals surface area contributed by atoms with Gasteiger partial charge in [0, 0.05) is 40.0 Å². The number of aromatic nitrogens is 1. The van der Waals surface area contributed by atoms with Crippen LogP contribution < -0.4 is 15.5 Å². The number of methoxy groups -OCH3 is 1. The van der Waals surface area contributed by atoms with Crippen LogP contribution in [0.2, 0.25) is 0 Å². The third-order valence-electron chi connectivity index (χ3n) is 3.72. The normalized spacial score (nSPS) is 18.0. The highest BCUT2D eigenvalue weighted by atomic mass is 16.5. The van der Waals surface area contributed by atoms with E-state index in [4.69, 9.17) is 4.74 Å². The van der Waals surface area contributed by atoms with Crippen molar-refractivity contribution in [2.75, 3.05) is 38.8 Å². The second-order valence-electron chi connectivity index (χ2n) is 5.16. The van der Waals surface area contributed by atoms with Crippen LogP contribution in [-0.2, 0) is 16.1 Å². The van der Waals surface area contributed by atoms with Crippen LogP contribution in [0.5, 0.6) is 0 Å². The van der Waals surface area contributed by atoms with E-state index in [0.29, 0.717) is 6.61 Å². The summed E-state index contributed by atoms with van der Waals surface area (Å²) in [5.41, 5.74) is 1.13. The summed E-state index contributed by atoms with van der Waals surface area (Å²) in [4.78, 5) is 18.5. The van der Waals surface area contributed by atoms with Crippen molar-refractivity contribution in [1.82, 2.24) is 15.6 Å². The Labute approximate surface area is 125 Å². The first-order valence-corrected chi connectivity index (χ1v) is 7.39. The number of likely N-dealkylation sites (N-methyl/N-ethyl adjacent to an activating group) is 1. The molecule has 1 saturated heterocycles. The van der Waals surface area contributed by atoms with Crippen LogP contribution in [0.3, 0.4) is 0 Å². The Hall–Kier alpha value is -1.66. The van der Waals surface area contributed by atoms with Crippen LogP contribution in [0.15, 0.2) is 18.3 Å². The Morgan fingerprint density at radius 1 is 1.52 bits per heavy atom. The fourth-order valence-corrected chi connectivity index (χ4v) is 2.58. The third-order valence-corrected chi connectivity index (χ3v) is 3.72. The fraction of sp³-hybridized carbons (Fsp3) is 0.600. The Bertz CT molecular complexity index is 449. The van der Waals surface area contributed by atoms with Crippen molar-refractivity contribution in [3.63, 3.8) is 0 Å². The summed E-state index contributed by atoms with van der Waals surface area (Å²) in [7, 11) is 3.37. The Kier molecular flexibility index (Phi) is 5.95. The van der Waals surface area contributed by atoms with Gasteiger partial charge in [-0.25, -0.2) is 4.98 Å². The number of hydrogen-bond donors (Lipinski definition) is 2. The molecule has 0 bridgehead atoms. The summed E-state index contributed by atoms with van der Waals surface area (Å²) in [6.07, 6.45) is 3.79. The number of pyridine rings is 1. The summed E-state index contributed by atoms with van der Waals surface area (Å²) in [6.45, 7) is 3.18. The summed E-state index contributed by atoms with van der Waals surface area (Å²) in [5, 5.41) is 6.01. The van der Waals surface area contributed by atoms with Crippen molar-refractivity contribution in [3.8, 4) is 0 Å². The number of anilines is 1. The number of rotatable bonds is 7. The first-order chi connectivity index (χ1) is 10.3. The molecule has 2 rings (SSSR count). The van der Waals surface area contributed by atoms with Gasteiger partial charge in [-0.2, -0.15) is 0 Å². The zero-order valence-corrected chi connectivity index (χ0v) is 12.8. The molecule has 1 aromatic heterocycles. The molecule has 6 nitrogen and oxygen atoms in total. The molecule has 0 spiro atoms. The van der Waals surface area contributed by atoms with Gasteiger partial charge >= 0.3 is 0 Å². The maximum Gasteiger partial charge on any atom is 0.242 e. The molecule has 0 saturated carbocycles. The molecule has 1 aliphatic rings. The maximum absolute atomic E-state index is 11.9. The van der Waals surface area contributed by atoms with Crippen LogP contribution in [-0.4, -0.2) is 50.8 Å². The minimum Gasteiger partial charge on any atom is -0.383 e. The number of nitrogens with zero attached hydrogens (tertiary/aromatic N) is 2. The zero-order chi connectivity index (χ0) is 15.1. The molecule has 0 aliphatic carbocycles. The maximum atomic E-state index is 11.9. The standard InChI is InChI=1S/C15H24N4O2/c1-16-15(20)13-4-3-8-19(13)14-6-5-12(11-18-14)10-17-7-9-21-2/h5-6,11,13,17H,3-4,7-10H2,1-2H3,(H,16,20). The largest absolute Gasteiger partial charge is 0.383 e. The predicted molar refractivity (Wildman–Crippen MR) is 82.3 cm³/mol. The van der Waals surface area contributed by atoms with Gasteiger partial charge in [0.05, 0.1) is 6.61 Å². The van der Waals surface area contributed by atoms with E-state index in [1.54, 1.807) is 14.2 Å². The molecule has 2 N–H and O–H groups in total. The average Bonchev–Trinajstić information content (AvgIpc) is 3.01. The van der Waals surface area contributed by atoms with Gasteiger partial charge in [0.15, 0.2) is 0 Å². The van der Waals surface area contributed by atoms with E-state index >= 15 is 0 Å². The molecule has 21 heavy (non-hydrogen) atoms. The Balaban J connectivity index is 1.93. The molecule has 1 amide bonds. The molecule has 1 fully saturated rings. The zero-order valence-electron chi connectivity index (χ0n) is 12.8. The second-order valence-corrected chi connectivity index (χ2v) is 5.16. The summed E-state index contributed by atoms with van der Waals surface area (Å²) >= 11 is 0. The van der Waals surface area contributed by atoms with Crippen molar-refractivity contribution in [2.24, 2.45) is 0 Å². The first kappa shape index (κ1) is 15.7. The van der Waals surface area contributed by atoms with Crippen LogP contribution >= 0.6 is 0 Å². The number of carbonyl (C=O) groups is 1. The van der Waals surface area contributed by atoms with Gasteiger partial charge in [0.25, 0.3) is 0 Å². The van der Waals surface area contributed by atoms with E-state index in [2.05, 4.69) is 26.6 Å². The van der Waals surface area contributed by atoms with Gasteiger partial charge < -0.3 is 20.3 Å². The molecule has 0 aromatic carbocycles. The van der Waals surface area contributed by atoms with Crippen molar-refractivity contribution in [2.45, 2.75) is 25.4 Å². The molecule has 1 atom stereocenters. The summed E-state index contributed by atoms with van der Waals surface area (Å²) in [6, 6.07) is 3.96. The number of nitrogens with one attached hydrogen (secondary N) is 2. The van der Waals surface area contributed by atoms with Gasteiger partial charge in [-0.05, 0) is 24.5 Å². The lowest BCUT2D eigenvalue weighted by Gasteiger charge is -2.24. The van der Waals surface area contributed by atoms with Crippen LogP contribution in [0.1, 0.15) is 18.4 Å². The Morgan fingerprint density at radius 3 is 3.05 bits per heavy atom.